The van der Waals surface area contributed by atoms with Gasteiger partial charge in [0.05, 0.1) is 11.7 Å². The smallest absolute Gasteiger partial charge is 0.192 e. The fraction of sp³-hybridized carbons (Fsp3) is 0.375. The fourth-order valence-corrected chi connectivity index (χ4v) is 5.44. The van der Waals surface area contributed by atoms with E-state index in [9.17, 15) is 9.18 Å². The lowest BCUT2D eigenvalue weighted by molar-refractivity contribution is 0.0662. The zero-order valence-corrected chi connectivity index (χ0v) is 24.1. The van der Waals surface area contributed by atoms with Crippen LogP contribution in [0.5, 0.6) is 0 Å². The summed E-state index contributed by atoms with van der Waals surface area (Å²) in [6.45, 7) is 19.4. The molecule has 0 fully saturated rings. The van der Waals surface area contributed by atoms with Crippen molar-refractivity contribution in [2.24, 2.45) is 5.41 Å². The minimum Gasteiger partial charge on any atom is -0.412 e. The van der Waals surface area contributed by atoms with Gasteiger partial charge in [-0.1, -0.05) is 83.0 Å². The molecule has 0 aliphatic heterocycles. The first-order valence-electron chi connectivity index (χ1n) is 12.7. The van der Waals surface area contributed by atoms with Gasteiger partial charge in [0, 0.05) is 12.0 Å². The highest BCUT2D eigenvalue weighted by Gasteiger charge is 2.42. The van der Waals surface area contributed by atoms with Gasteiger partial charge >= 0.3 is 0 Å². The Morgan fingerprint density at radius 2 is 1.76 bits per heavy atom. The topological polar surface area (TPSA) is 39.2 Å². The van der Waals surface area contributed by atoms with Crippen LogP contribution in [0, 0.1) is 23.1 Å². The Hall–Kier alpha value is -3.07. The number of allylic oxidation sites excluding steroid dienone is 1. The summed E-state index contributed by atoms with van der Waals surface area (Å²) in [6, 6.07) is 14.8. The van der Waals surface area contributed by atoms with Crippen LogP contribution in [0.2, 0.25) is 18.1 Å². The van der Waals surface area contributed by atoms with E-state index in [-0.39, 0.29) is 33.5 Å². The lowest BCUT2D eigenvalue weighted by atomic mass is 9.82. The molecule has 0 bridgehead atoms. The summed E-state index contributed by atoms with van der Waals surface area (Å²) in [6.07, 6.45) is 3.65. The van der Waals surface area contributed by atoms with Crippen LogP contribution in [0.3, 0.4) is 0 Å². The molecule has 3 rings (SSSR count). The normalized spacial score (nSPS) is 13.1. The third-order valence-electron chi connectivity index (χ3n) is 7.43. The molecule has 194 valence electrons. The monoisotopic (exact) mass is 515 g/mol. The van der Waals surface area contributed by atoms with Gasteiger partial charge in [0.15, 0.2) is 14.6 Å². The van der Waals surface area contributed by atoms with Gasteiger partial charge in [0.2, 0.25) is 0 Å². The van der Waals surface area contributed by atoms with E-state index in [2.05, 4.69) is 71.1 Å². The second-order valence-corrected chi connectivity index (χ2v) is 16.5. The Labute approximate surface area is 222 Å². The molecule has 5 heteroatoms. The highest BCUT2D eigenvalue weighted by atomic mass is 28.4. The minimum atomic E-state index is -2.06. The van der Waals surface area contributed by atoms with Crippen LogP contribution in [0.25, 0.3) is 22.0 Å². The van der Waals surface area contributed by atoms with Crippen LogP contribution in [-0.2, 0) is 4.43 Å². The fourth-order valence-electron chi connectivity index (χ4n) is 3.97. The number of hydrogen-bond donors (Lipinski definition) is 0. The number of carbonyl (C=O) groups excluding carboxylic acids is 1. The molecule has 0 aliphatic rings. The van der Waals surface area contributed by atoms with Crippen molar-refractivity contribution >= 4 is 25.4 Å². The summed E-state index contributed by atoms with van der Waals surface area (Å²) in [7, 11) is -2.06. The van der Waals surface area contributed by atoms with Crippen molar-refractivity contribution in [2.45, 2.75) is 71.7 Å². The molecule has 1 heterocycles. The average molecular weight is 516 g/mol. The summed E-state index contributed by atoms with van der Waals surface area (Å²) in [5, 5.41) is 2.11. The molecule has 0 aliphatic carbocycles. The number of hydrogen-bond acceptors (Lipinski definition) is 3. The van der Waals surface area contributed by atoms with Crippen molar-refractivity contribution in [3.05, 3.63) is 78.3 Å². The quantitative estimate of drug-likeness (QED) is 0.130. The van der Waals surface area contributed by atoms with Crippen molar-refractivity contribution in [2.75, 3.05) is 0 Å². The molecular formula is C32H38FNO2Si. The Bertz CT molecular complexity index is 1360. The Kier molecular flexibility index (Phi) is 8.57. The van der Waals surface area contributed by atoms with Crippen molar-refractivity contribution in [3.8, 4) is 23.1 Å². The van der Waals surface area contributed by atoms with Gasteiger partial charge in [0.25, 0.3) is 0 Å². The van der Waals surface area contributed by atoms with Crippen molar-refractivity contribution < 1.29 is 13.6 Å². The summed E-state index contributed by atoms with van der Waals surface area (Å²) >= 11 is 0. The van der Waals surface area contributed by atoms with Gasteiger partial charge in [0.1, 0.15) is 17.2 Å². The van der Waals surface area contributed by atoms with Crippen LogP contribution in [0.4, 0.5) is 4.39 Å². The number of benzene rings is 2. The van der Waals surface area contributed by atoms with Crippen LogP contribution in [0.1, 0.15) is 63.5 Å². The Balaban J connectivity index is 1.99. The largest absolute Gasteiger partial charge is 0.412 e. The SMILES string of the molecule is C=CCC(C)(C)C(CC#Cc1nc(-c2ccc3ccccc3c2)c(F)cc1C=O)O[Si](C)(C)C(C)(C)C. The van der Waals surface area contributed by atoms with E-state index in [0.717, 1.165) is 17.2 Å². The van der Waals surface area contributed by atoms with Gasteiger partial charge in [-0.15, -0.1) is 6.58 Å². The molecule has 37 heavy (non-hydrogen) atoms. The third kappa shape index (κ3) is 6.63. The molecule has 0 saturated carbocycles. The molecule has 0 spiro atoms. The summed E-state index contributed by atoms with van der Waals surface area (Å²) in [5.41, 5.74) is 1.06. The number of pyridine rings is 1. The third-order valence-corrected chi connectivity index (χ3v) is 11.9. The number of carbonyl (C=O) groups is 1. The van der Waals surface area contributed by atoms with E-state index in [1.54, 1.807) is 0 Å². The molecule has 0 N–H and O–H groups in total. The maximum atomic E-state index is 15.0. The number of aromatic nitrogens is 1. The highest BCUT2D eigenvalue weighted by molar-refractivity contribution is 6.74. The van der Waals surface area contributed by atoms with Crippen molar-refractivity contribution in [3.63, 3.8) is 0 Å². The molecule has 3 nitrogen and oxygen atoms in total. The summed E-state index contributed by atoms with van der Waals surface area (Å²) in [5.74, 6) is 5.72. The van der Waals surface area contributed by atoms with Crippen molar-refractivity contribution in [1.82, 2.24) is 4.98 Å². The van der Waals surface area contributed by atoms with E-state index in [1.807, 2.05) is 48.5 Å². The van der Waals surface area contributed by atoms with Crippen LogP contribution >= 0.6 is 0 Å². The Morgan fingerprint density at radius 1 is 1.08 bits per heavy atom. The van der Waals surface area contributed by atoms with Crippen molar-refractivity contribution in [1.29, 1.82) is 0 Å². The number of nitrogens with zero attached hydrogens (tertiary/aromatic N) is 1. The molecule has 1 aromatic heterocycles. The maximum Gasteiger partial charge on any atom is 0.192 e. The molecule has 0 saturated heterocycles. The second-order valence-electron chi connectivity index (χ2n) is 11.8. The van der Waals surface area contributed by atoms with Gasteiger partial charge in [-0.25, -0.2) is 9.37 Å². The van der Waals surface area contributed by atoms with E-state index in [1.165, 1.54) is 6.07 Å². The first kappa shape index (κ1) is 28.5. The first-order chi connectivity index (χ1) is 17.3. The van der Waals surface area contributed by atoms with Crippen LogP contribution in [-0.4, -0.2) is 25.7 Å². The molecule has 0 radical (unpaired) electrons. The van der Waals surface area contributed by atoms with Crippen LogP contribution in [0.15, 0.2) is 61.2 Å². The minimum absolute atomic E-state index is 0.0564. The molecule has 1 atom stereocenters. The first-order valence-corrected chi connectivity index (χ1v) is 15.6. The lowest BCUT2D eigenvalue weighted by Crippen LogP contribution is -2.47. The van der Waals surface area contributed by atoms with Gasteiger partial charge in [-0.05, 0) is 58.8 Å². The standard InChI is InChI=1S/C32H38FNO2Si/c1-9-19-32(5,6)29(36-37(7,8)31(2,3)4)16-12-15-28-26(22-35)21-27(33)30(34-28)25-18-17-23-13-10-11-14-24(23)20-25/h9-11,13-14,17-18,20-22,29H,1,16,19H2,2-8H3. The van der Waals surface area contributed by atoms with Gasteiger partial charge < -0.3 is 4.43 Å². The summed E-state index contributed by atoms with van der Waals surface area (Å²) in [4.78, 5) is 16.2. The highest BCUT2D eigenvalue weighted by Crippen LogP contribution is 2.41. The Morgan fingerprint density at radius 3 is 2.38 bits per heavy atom. The number of rotatable bonds is 8. The molecule has 0 amide bonds. The molecule has 1 unspecified atom stereocenters. The maximum absolute atomic E-state index is 15.0. The lowest BCUT2D eigenvalue weighted by Gasteiger charge is -2.43. The van der Waals surface area contributed by atoms with Crippen LogP contribution < -0.4 is 0 Å². The zero-order chi connectivity index (χ0) is 27.4. The van der Waals surface area contributed by atoms with Gasteiger partial charge in [-0.2, -0.15) is 0 Å². The van der Waals surface area contributed by atoms with Gasteiger partial charge in [-0.3, -0.25) is 4.79 Å². The van der Waals surface area contributed by atoms with E-state index < -0.39 is 14.1 Å². The average Bonchev–Trinajstić information content (AvgIpc) is 2.82. The second kappa shape index (κ2) is 11.1. The van der Waals surface area contributed by atoms with E-state index in [0.29, 0.717) is 18.3 Å². The number of fused-ring (bicyclic) bond motifs is 1. The van der Waals surface area contributed by atoms with E-state index >= 15 is 0 Å². The number of aldehydes is 1. The zero-order valence-electron chi connectivity index (χ0n) is 23.1. The predicted octanol–water partition coefficient (Wildman–Crippen LogP) is 8.59. The van der Waals surface area contributed by atoms with E-state index in [4.69, 9.17) is 4.43 Å². The molecule has 2 aromatic carbocycles. The molecular weight excluding hydrogens is 477 g/mol. The molecule has 3 aromatic rings. The number of halogens is 1. The summed E-state index contributed by atoms with van der Waals surface area (Å²) < 4.78 is 21.8. The predicted molar refractivity (Wildman–Crippen MR) is 155 cm³/mol.